The van der Waals surface area contributed by atoms with Crippen LogP contribution in [0.3, 0.4) is 0 Å². The fraction of sp³-hybridized carbons (Fsp3) is 0.483. The maximum atomic E-state index is 12.2. The summed E-state index contributed by atoms with van der Waals surface area (Å²) >= 11 is 0. The molecule has 3 aromatic rings. The van der Waals surface area contributed by atoms with Crippen molar-refractivity contribution in [3.8, 4) is 11.5 Å². The Hall–Kier alpha value is -3.39. The van der Waals surface area contributed by atoms with E-state index in [1.165, 1.54) is 17.5 Å². The highest BCUT2D eigenvalue weighted by Crippen LogP contribution is 2.38. The van der Waals surface area contributed by atoms with Crippen LogP contribution in [0.4, 0.5) is 11.5 Å². The van der Waals surface area contributed by atoms with Crippen LogP contribution in [0.5, 0.6) is 11.5 Å². The van der Waals surface area contributed by atoms with Crippen LogP contribution in [0.1, 0.15) is 43.2 Å². The largest absolute Gasteiger partial charge is 0.493 e. The molecule has 0 radical (unpaired) electrons. The highest BCUT2D eigenvalue weighted by Gasteiger charge is 2.31. The first-order valence-electron chi connectivity index (χ1n) is 13.4. The average molecular weight is 502 g/mol. The molecule has 1 saturated carbocycles. The molecule has 2 heterocycles. The van der Waals surface area contributed by atoms with Gasteiger partial charge in [-0.15, -0.1) is 0 Å². The molecule has 8 heteroatoms. The summed E-state index contributed by atoms with van der Waals surface area (Å²) in [6.45, 7) is 2.30. The highest BCUT2D eigenvalue weighted by molar-refractivity contribution is 5.93. The molecule has 2 fully saturated rings. The first-order valence-corrected chi connectivity index (χ1v) is 13.4. The molecule has 194 valence electrons. The van der Waals surface area contributed by atoms with Gasteiger partial charge < -0.3 is 19.7 Å². The lowest BCUT2D eigenvalue weighted by atomic mass is 9.91. The maximum absolute atomic E-state index is 12.2. The number of likely N-dealkylation sites (N-methyl/N-ethyl adjacent to an activating group) is 1. The number of hydrogen-bond donors (Lipinski definition) is 1. The van der Waals surface area contributed by atoms with Gasteiger partial charge in [0.15, 0.2) is 11.5 Å². The number of nitrogens with zero attached hydrogens (tertiary/aromatic N) is 4. The standard InChI is InChI=1S/C29H35N5O3/c1-33-13-14-34(17-28(33)35)20-9-11-21(12-10-20)37-27-15-23-25(16-26(27)36-2)30-18-31-29(23)32-24-8-4-6-19-5-3-7-22(19)24/h4,6,8,15-16,18,20-21H,3,5,7,9-14,17H2,1-2H3,(H,30,31,32)/t20-,21+. The smallest absolute Gasteiger partial charge is 0.236 e. The number of ether oxygens (including phenoxy) is 2. The molecule has 2 aromatic carbocycles. The summed E-state index contributed by atoms with van der Waals surface area (Å²) in [5, 5.41) is 4.50. The number of rotatable bonds is 6. The van der Waals surface area contributed by atoms with Gasteiger partial charge >= 0.3 is 0 Å². The minimum atomic E-state index is 0.115. The molecule has 1 amide bonds. The lowest BCUT2D eigenvalue weighted by Crippen LogP contribution is -2.53. The fourth-order valence-electron chi connectivity index (χ4n) is 6.08. The van der Waals surface area contributed by atoms with Crippen LogP contribution < -0.4 is 14.8 Å². The minimum Gasteiger partial charge on any atom is -0.493 e. The zero-order valence-electron chi connectivity index (χ0n) is 21.7. The van der Waals surface area contributed by atoms with Crippen molar-refractivity contribution >= 4 is 28.3 Å². The van der Waals surface area contributed by atoms with E-state index in [1.807, 2.05) is 24.1 Å². The van der Waals surface area contributed by atoms with Gasteiger partial charge in [-0.25, -0.2) is 9.97 Å². The molecular formula is C29H35N5O3. The number of hydrogen-bond acceptors (Lipinski definition) is 7. The van der Waals surface area contributed by atoms with Crippen LogP contribution in [0.2, 0.25) is 0 Å². The van der Waals surface area contributed by atoms with Gasteiger partial charge in [0.2, 0.25) is 5.91 Å². The van der Waals surface area contributed by atoms with Gasteiger partial charge in [-0.2, -0.15) is 0 Å². The summed E-state index contributed by atoms with van der Waals surface area (Å²) in [7, 11) is 3.56. The Morgan fingerprint density at radius 3 is 2.70 bits per heavy atom. The number of carbonyl (C=O) groups is 1. The maximum Gasteiger partial charge on any atom is 0.236 e. The van der Waals surface area contributed by atoms with E-state index in [9.17, 15) is 4.79 Å². The molecule has 0 unspecified atom stereocenters. The van der Waals surface area contributed by atoms with E-state index in [4.69, 9.17) is 9.47 Å². The number of anilines is 2. The SMILES string of the molecule is COc1cc2ncnc(Nc3cccc4c3CCC4)c2cc1O[C@H]1CC[C@@H](N2CCN(C)C(=O)C2)CC1. The molecule has 0 spiro atoms. The van der Waals surface area contributed by atoms with E-state index in [0.717, 1.165) is 79.8 Å². The number of amides is 1. The second-order valence-corrected chi connectivity index (χ2v) is 10.5. The topological polar surface area (TPSA) is 79.8 Å². The van der Waals surface area contributed by atoms with E-state index in [2.05, 4.69) is 38.4 Å². The summed E-state index contributed by atoms with van der Waals surface area (Å²) in [6, 6.07) is 10.9. The monoisotopic (exact) mass is 501 g/mol. The van der Waals surface area contributed by atoms with Crippen molar-refractivity contribution in [2.45, 2.75) is 57.1 Å². The van der Waals surface area contributed by atoms with Gasteiger partial charge in [-0.3, -0.25) is 9.69 Å². The van der Waals surface area contributed by atoms with Gasteiger partial charge in [0.05, 0.1) is 25.3 Å². The Morgan fingerprint density at radius 2 is 1.89 bits per heavy atom. The molecule has 1 aromatic heterocycles. The molecule has 1 N–H and O–H groups in total. The van der Waals surface area contributed by atoms with Crippen molar-refractivity contribution < 1.29 is 14.3 Å². The lowest BCUT2D eigenvalue weighted by Gasteiger charge is -2.40. The van der Waals surface area contributed by atoms with Gasteiger partial charge in [0, 0.05) is 43.3 Å². The molecule has 1 aliphatic heterocycles. The van der Waals surface area contributed by atoms with Crippen LogP contribution in [0, 0.1) is 0 Å². The summed E-state index contributed by atoms with van der Waals surface area (Å²) in [6.07, 6.45) is 9.12. The van der Waals surface area contributed by atoms with Crippen molar-refractivity contribution in [2.75, 3.05) is 39.1 Å². The number of piperazine rings is 1. The number of aryl methyl sites for hydroxylation is 1. The number of benzene rings is 2. The van der Waals surface area contributed by atoms with Crippen LogP contribution in [-0.2, 0) is 17.6 Å². The molecule has 0 bridgehead atoms. The van der Waals surface area contributed by atoms with Crippen molar-refractivity contribution in [2.24, 2.45) is 0 Å². The lowest BCUT2D eigenvalue weighted by molar-refractivity contribution is -0.135. The van der Waals surface area contributed by atoms with E-state index >= 15 is 0 Å². The van der Waals surface area contributed by atoms with Crippen molar-refractivity contribution in [1.82, 2.24) is 19.8 Å². The zero-order chi connectivity index (χ0) is 25.4. The van der Waals surface area contributed by atoms with Crippen molar-refractivity contribution in [3.05, 3.63) is 47.8 Å². The van der Waals surface area contributed by atoms with Gasteiger partial charge in [-0.1, -0.05) is 12.1 Å². The summed E-state index contributed by atoms with van der Waals surface area (Å²) in [5.41, 5.74) is 4.75. The third-order valence-corrected chi connectivity index (χ3v) is 8.26. The number of carbonyl (C=O) groups excluding carboxylic acids is 1. The third kappa shape index (κ3) is 4.82. The van der Waals surface area contributed by atoms with Crippen molar-refractivity contribution in [1.29, 1.82) is 0 Å². The van der Waals surface area contributed by atoms with Gasteiger partial charge in [0.25, 0.3) is 0 Å². The van der Waals surface area contributed by atoms with Gasteiger partial charge in [0.1, 0.15) is 12.1 Å². The van der Waals surface area contributed by atoms with Crippen LogP contribution in [0.15, 0.2) is 36.7 Å². The molecule has 1 saturated heterocycles. The second kappa shape index (κ2) is 10.2. The predicted molar refractivity (Wildman–Crippen MR) is 144 cm³/mol. The Labute approximate surface area is 218 Å². The number of nitrogens with one attached hydrogen (secondary N) is 1. The molecule has 8 nitrogen and oxygen atoms in total. The Bertz CT molecular complexity index is 1300. The third-order valence-electron chi connectivity index (χ3n) is 8.26. The van der Waals surface area contributed by atoms with Gasteiger partial charge in [-0.05, 0) is 68.2 Å². The Morgan fingerprint density at radius 1 is 1.03 bits per heavy atom. The molecule has 37 heavy (non-hydrogen) atoms. The quantitative estimate of drug-likeness (QED) is 0.538. The average Bonchev–Trinajstić information content (AvgIpc) is 3.41. The number of aromatic nitrogens is 2. The molecule has 0 atom stereocenters. The van der Waals surface area contributed by atoms with Crippen LogP contribution in [0.25, 0.3) is 10.9 Å². The number of methoxy groups -OCH3 is 1. The molecular weight excluding hydrogens is 466 g/mol. The predicted octanol–water partition coefficient (Wildman–Crippen LogP) is 4.33. The summed E-state index contributed by atoms with van der Waals surface area (Å²) in [5.74, 6) is 2.41. The van der Waals surface area contributed by atoms with Crippen LogP contribution >= 0.6 is 0 Å². The second-order valence-electron chi connectivity index (χ2n) is 10.5. The highest BCUT2D eigenvalue weighted by atomic mass is 16.5. The van der Waals surface area contributed by atoms with E-state index < -0.39 is 0 Å². The zero-order valence-corrected chi connectivity index (χ0v) is 21.7. The Kier molecular flexibility index (Phi) is 6.59. The summed E-state index contributed by atoms with van der Waals surface area (Å²) in [4.78, 5) is 25.4. The van der Waals surface area contributed by atoms with E-state index in [-0.39, 0.29) is 12.0 Å². The van der Waals surface area contributed by atoms with Crippen LogP contribution in [-0.4, -0.2) is 71.6 Å². The van der Waals surface area contributed by atoms with E-state index in [0.29, 0.717) is 18.3 Å². The molecule has 2 aliphatic carbocycles. The number of fused-ring (bicyclic) bond motifs is 2. The fourth-order valence-corrected chi connectivity index (χ4v) is 6.08. The minimum absolute atomic E-state index is 0.115. The normalized spacial score (nSPS) is 22.2. The summed E-state index contributed by atoms with van der Waals surface area (Å²) < 4.78 is 12.2. The Balaban J connectivity index is 1.20. The first kappa shape index (κ1) is 24.0. The first-order chi connectivity index (χ1) is 18.1. The molecule has 6 rings (SSSR count). The molecule has 3 aliphatic rings. The van der Waals surface area contributed by atoms with E-state index in [1.54, 1.807) is 13.4 Å². The van der Waals surface area contributed by atoms with Crippen molar-refractivity contribution in [3.63, 3.8) is 0 Å².